The Morgan fingerprint density at radius 1 is 1.32 bits per heavy atom. The van der Waals surface area contributed by atoms with E-state index in [0.29, 0.717) is 17.9 Å². The van der Waals surface area contributed by atoms with Crippen molar-refractivity contribution >= 4 is 23.3 Å². The normalized spacial score (nSPS) is 10.2. The van der Waals surface area contributed by atoms with Gasteiger partial charge in [0.15, 0.2) is 0 Å². The molecule has 0 spiro atoms. The number of benzene rings is 1. The highest BCUT2D eigenvalue weighted by Crippen LogP contribution is 2.17. The van der Waals surface area contributed by atoms with Gasteiger partial charge in [-0.25, -0.2) is 4.98 Å². The summed E-state index contributed by atoms with van der Waals surface area (Å²) in [4.78, 5) is 18.2. The van der Waals surface area contributed by atoms with Crippen LogP contribution in [0.15, 0.2) is 36.4 Å². The Hall–Kier alpha value is -2.27. The van der Waals surface area contributed by atoms with Gasteiger partial charge in [-0.15, -0.1) is 0 Å². The van der Waals surface area contributed by atoms with Crippen molar-refractivity contribution in [2.45, 2.75) is 6.54 Å². The SMILES string of the molecule is COc1cccc(CNC(=O)c2cc(Cl)nc(N(C)C)c2)c1. The molecule has 0 aliphatic carbocycles. The van der Waals surface area contributed by atoms with E-state index < -0.39 is 0 Å². The van der Waals surface area contributed by atoms with Crippen LogP contribution in [0.3, 0.4) is 0 Å². The maximum atomic E-state index is 12.3. The zero-order valence-electron chi connectivity index (χ0n) is 12.8. The summed E-state index contributed by atoms with van der Waals surface area (Å²) in [7, 11) is 5.30. The maximum absolute atomic E-state index is 12.3. The molecular formula is C16H18ClN3O2. The molecule has 0 radical (unpaired) electrons. The highest BCUT2D eigenvalue weighted by atomic mass is 35.5. The summed E-state index contributed by atoms with van der Waals surface area (Å²) in [6.07, 6.45) is 0. The lowest BCUT2D eigenvalue weighted by Gasteiger charge is -2.13. The van der Waals surface area contributed by atoms with Crippen molar-refractivity contribution in [2.24, 2.45) is 0 Å². The van der Waals surface area contributed by atoms with Crippen molar-refractivity contribution in [1.29, 1.82) is 0 Å². The lowest BCUT2D eigenvalue weighted by Crippen LogP contribution is -2.23. The minimum absolute atomic E-state index is 0.199. The fourth-order valence-electron chi connectivity index (χ4n) is 1.91. The van der Waals surface area contributed by atoms with E-state index in [0.717, 1.165) is 11.3 Å². The van der Waals surface area contributed by atoms with Gasteiger partial charge in [0.1, 0.15) is 16.7 Å². The van der Waals surface area contributed by atoms with Crippen molar-refractivity contribution < 1.29 is 9.53 Å². The number of hydrogen-bond acceptors (Lipinski definition) is 4. The number of carbonyl (C=O) groups excluding carboxylic acids is 1. The summed E-state index contributed by atoms with van der Waals surface area (Å²) in [5, 5.41) is 3.15. The number of carbonyl (C=O) groups is 1. The van der Waals surface area contributed by atoms with Crippen molar-refractivity contribution in [3.8, 4) is 5.75 Å². The van der Waals surface area contributed by atoms with Gasteiger partial charge >= 0.3 is 0 Å². The average Bonchev–Trinajstić information content (AvgIpc) is 2.52. The Morgan fingerprint density at radius 2 is 2.09 bits per heavy atom. The lowest BCUT2D eigenvalue weighted by atomic mass is 10.2. The highest BCUT2D eigenvalue weighted by Gasteiger charge is 2.10. The number of methoxy groups -OCH3 is 1. The molecule has 6 heteroatoms. The molecule has 2 rings (SSSR count). The minimum Gasteiger partial charge on any atom is -0.497 e. The number of anilines is 1. The van der Waals surface area contributed by atoms with Gasteiger partial charge in [-0.2, -0.15) is 0 Å². The number of nitrogens with one attached hydrogen (secondary N) is 1. The smallest absolute Gasteiger partial charge is 0.251 e. The molecule has 116 valence electrons. The lowest BCUT2D eigenvalue weighted by molar-refractivity contribution is 0.0951. The minimum atomic E-state index is -0.199. The van der Waals surface area contributed by atoms with Gasteiger partial charge in [0.2, 0.25) is 0 Å². The van der Waals surface area contributed by atoms with Crippen LogP contribution in [0, 0.1) is 0 Å². The first-order valence-corrected chi connectivity index (χ1v) is 7.13. The van der Waals surface area contributed by atoms with Crippen LogP contribution < -0.4 is 15.0 Å². The van der Waals surface area contributed by atoms with Gasteiger partial charge in [0.25, 0.3) is 5.91 Å². The summed E-state index contributed by atoms with van der Waals surface area (Å²) >= 11 is 5.96. The predicted octanol–water partition coefficient (Wildman–Crippen LogP) is 2.74. The third-order valence-electron chi connectivity index (χ3n) is 3.09. The predicted molar refractivity (Wildman–Crippen MR) is 87.7 cm³/mol. The largest absolute Gasteiger partial charge is 0.497 e. The number of halogens is 1. The number of amides is 1. The van der Waals surface area contributed by atoms with Crippen molar-refractivity contribution in [2.75, 3.05) is 26.1 Å². The second-order valence-corrected chi connectivity index (χ2v) is 5.35. The number of pyridine rings is 1. The van der Waals surface area contributed by atoms with Crippen LogP contribution in [0.4, 0.5) is 5.82 Å². The molecule has 1 aromatic carbocycles. The molecule has 0 unspecified atom stereocenters. The first-order chi connectivity index (χ1) is 10.5. The van der Waals surface area contributed by atoms with Crippen molar-refractivity contribution in [3.63, 3.8) is 0 Å². The van der Waals surface area contributed by atoms with Crippen LogP contribution in [0.25, 0.3) is 0 Å². The summed E-state index contributed by atoms with van der Waals surface area (Å²) in [5.41, 5.74) is 1.44. The van der Waals surface area contributed by atoms with Crippen molar-refractivity contribution in [1.82, 2.24) is 10.3 Å². The van der Waals surface area contributed by atoms with Crippen LogP contribution in [-0.4, -0.2) is 32.1 Å². The Labute approximate surface area is 134 Å². The third kappa shape index (κ3) is 4.11. The Bertz CT molecular complexity index is 674. The zero-order valence-corrected chi connectivity index (χ0v) is 13.5. The Kier molecular flexibility index (Phi) is 5.22. The van der Waals surface area contributed by atoms with Gasteiger partial charge < -0.3 is 15.0 Å². The van der Waals surface area contributed by atoms with Crippen LogP contribution in [0.1, 0.15) is 15.9 Å². The average molecular weight is 320 g/mol. The molecule has 22 heavy (non-hydrogen) atoms. The van der Waals surface area contributed by atoms with E-state index in [1.807, 2.05) is 38.4 Å². The number of rotatable bonds is 5. The molecule has 0 aliphatic rings. The summed E-state index contributed by atoms with van der Waals surface area (Å²) in [6.45, 7) is 0.410. The molecule has 0 aliphatic heterocycles. The maximum Gasteiger partial charge on any atom is 0.251 e. The van der Waals surface area contributed by atoms with Crippen LogP contribution >= 0.6 is 11.6 Å². The summed E-state index contributed by atoms with van der Waals surface area (Å²) < 4.78 is 5.16. The van der Waals surface area contributed by atoms with E-state index in [2.05, 4.69) is 10.3 Å². The first kappa shape index (κ1) is 16.1. The van der Waals surface area contributed by atoms with Crippen LogP contribution in [0.5, 0.6) is 5.75 Å². The number of nitrogens with zero attached hydrogens (tertiary/aromatic N) is 2. The molecular weight excluding hydrogens is 302 g/mol. The molecule has 1 N–H and O–H groups in total. The monoisotopic (exact) mass is 319 g/mol. The molecule has 1 amide bonds. The molecule has 2 aromatic rings. The Morgan fingerprint density at radius 3 is 2.77 bits per heavy atom. The van der Waals surface area contributed by atoms with Crippen molar-refractivity contribution in [3.05, 3.63) is 52.7 Å². The summed E-state index contributed by atoms with van der Waals surface area (Å²) in [5.74, 6) is 1.20. The second kappa shape index (κ2) is 7.13. The standard InChI is InChI=1S/C16H18ClN3O2/c1-20(2)15-9-12(8-14(17)19-15)16(21)18-10-11-5-4-6-13(7-11)22-3/h4-9H,10H2,1-3H3,(H,18,21). The van der Waals surface area contributed by atoms with E-state index in [-0.39, 0.29) is 11.1 Å². The molecule has 0 atom stereocenters. The number of hydrogen-bond donors (Lipinski definition) is 1. The quantitative estimate of drug-likeness (QED) is 0.861. The van der Waals surface area contributed by atoms with Gasteiger partial charge in [0.05, 0.1) is 7.11 Å². The zero-order chi connectivity index (χ0) is 16.1. The van der Waals surface area contributed by atoms with E-state index in [9.17, 15) is 4.79 Å². The molecule has 0 saturated carbocycles. The molecule has 1 heterocycles. The molecule has 0 saturated heterocycles. The third-order valence-corrected chi connectivity index (χ3v) is 3.28. The second-order valence-electron chi connectivity index (χ2n) is 4.97. The summed E-state index contributed by atoms with van der Waals surface area (Å²) in [6, 6.07) is 10.8. The number of aromatic nitrogens is 1. The van der Waals surface area contributed by atoms with Gasteiger partial charge in [0, 0.05) is 26.2 Å². The fraction of sp³-hybridized carbons (Fsp3) is 0.250. The first-order valence-electron chi connectivity index (χ1n) is 6.75. The Balaban J connectivity index is 2.09. The van der Waals surface area contributed by atoms with Gasteiger partial charge in [-0.1, -0.05) is 23.7 Å². The molecule has 0 bridgehead atoms. The van der Waals surface area contributed by atoms with E-state index in [4.69, 9.17) is 16.3 Å². The number of ether oxygens (including phenoxy) is 1. The van der Waals surface area contributed by atoms with E-state index >= 15 is 0 Å². The molecule has 1 aromatic heterocycles. The van der Waals surface area contributed by atoms with Gasteiger partial charge in [-0.05, 0) is 29.8 Å². The van der Waals surface area contributed by atoms with Gasteiger partial charge in [-0.3, -0.25) is 4.79 Å². The molecule has 5 nitrogen and oxygen atoms in total. The highest BCUT2D eigenvalue weighted by molar-refractivity contribution is 6.29. The van der Waals surface area contributed by atoms with E-state index in [1.54, 1.807) is 24.1 Å². The molecule has 0 fully saturated rings. The van der Waals surface area contributed by atoms with Crippen LogP contribution in [0.2, 0.25) is 5.15 Å². The van der Waals surface area contributed by atoms with E-state index in [1.165, 1.54) is 0 Å². The topological polar surface area (TPSA) is 54.5 Å². The fourth-order valence-corrected chi connectivity index (χ4v) is 2.11. The van der Waals surface area contributed by atoms with Crippen LogP contribution in [-0.2, 0) is 6.54 Å².